The maximum atomic E-state index is 9.98. The summed E-state index contributed by atoms with van der Waals surface area (Å²) in [5.41, 5.74) is 2.23. The number of rotatable bonds is 7. The summed E-state index contributed by atoms with van der Waals surface area (Å²) in [5, 5.41) is 22.1. The first-order valence-electron chi connectivity index (χ1n) is 6.71. The van der Waals surface area contributed by atoms with E-state index in [0.29, 0.717) is 19.0 Å². The highest BCUT2D eigenvalue weighted by Gasteiger charge is 2.09. The summed E-state index contributed by atoms with van der Waals surface area (Å²) in [6.45, 7) is 7.07. The van der Waals surface area contributed by atoms with Crippen molar-refractivity contribution in [2.45, 2.75) is 45.3 Å². The minimum absolute atomic E-state index is 0.384. The largest absolute Gasteiger partial charge is 0.392 e. The molecule has 3 heteroatoms. The fourth-order valence-corrected chi connectivity index (χ4v) is 1.83. The van der Waals surface area contributed by atoms with E-state index in [1.54, 1.807) is 6.92 Å². The van der Waals surface area contributed by atoms with Gasteiger partial charge in [0.2, 0.25) is 0 Å². The first-order chi connectivity index (χ1) is 8.54. The first kappa shape index (κ1) is 15.2. The molecule has 0 aromatic heterocycles. The van der Waals surface area contributed by atoms with Gasteiger partial charge in [0.05, 0.1) is 12.2 Å². The quantitative estimate of drug-likeness (QED) is 0.696. The molecule has 1 rings (SSSR count). The van der Waals surface area contributed by atoms with Gasteiger partial charge in [0.15, 0.2) is 0 Å². The first-order valence-corrected chi connectivity index (χ1v) is 6.71. The van der Waals surface area contributed by atoms with Crippen molar-refractivity contribution in [3.8, 4) is 0 Å². The molecule has 0 aliphatic carbocycles. The lowest BCUT2D eigenvalue weighted by atomic mass is 9.96. The van der Waals surface area contributed by atoms with Crippen LogP contribution < -0.4 is 5.32 Å². The Kier molecular flexibility index (Phi) is 6.33. The van der Waals surface area contributed by atoms with Crippen molar-refractivity contribution in [3.63, 3.8) is 0 Å². The summed E-state index contributed by atoms with van der Waals surface area (Å²) in [4.78, 5) is 0. The summed E-state index contributed by atoms with van der Waals surface area (Å²) < 4.78 is 0. The van der Waals surface area contributed by atoms with Gasteiger partial charge in [-0.25, -0.2) is 0 Å². The zero-order chi connectivity index (χ0) is 13.5. The maximum Gasteiger partial charge on any atom is 0.0914 e. The molecular weight excluding hydrogens is 226 g/mol. The van der Waals surface area contributed by atoms with Crippen LogP contribution in [0.15, 0.2) is 24.3 Å². The fraction of sp³-hybridized carbons (Fsp3) is 0.600. The van der Waals surface area contributed by atoms with Gasteiger partial charge in [-0.15, -0.1) is 0 Å². The fourth-order valence-electron chi connectivity index (χ4n) is 1.83. The van der Waals surface area contributed by atoms with E-state index in [0.717, 1.165) is 12.0 Å². The summed E-state index contributed by atoms with van der Waals surface area (Å²) in [6.07, 6.45) is 0.220. The standard InChI is InChI=1S/C15H25NO2/c1-4-11(2)13-5-7-14(8-6-13)15(18)10-16-9-12(3)17/h5-8,11-12,15-18H,4,9-10H2,1-3H3. The average Bonchev–Trinajstić information content (AvgIpc) is 2.37. The Morgan fingerprint density at radius 3 is 2.06 bits per heavy atom. The second-order valence-corrected chi connectivity index (χ2v) is 5.00. The zero-order valence-electron chi connectivity index (χ0n) is 11.6. The molecule has 1 aromatic carbocycles. The van der Waals surface area contributed by atoms with Gasteiger partial charge in [0.1, 0.15) is 0 Å². The van der Waals surface area contributed by atoms with E-state index >= 15 is 0 Å². The summed E-state index contributed by atoms with van der Waals surface area (Å²) in [6, 6.07) is 8.13. The Hall–Kier alpha value is -0.900. The molecule has 0 aliphatic rings. The number of hydrogen-bond acceptors (Lipinski definition) is 3. The van der Waals surface area contributed by atoms with Crippen molar-refractivity contribution in [1.29, 1.82) is 0 Å². The van der Waals surface area contributed by atoms with Crippen LogP contribution in [0.3, 0.4) is 0 Å². The zero-order valence-corrected chi connectivity index (χ0v) is 11.6. The molecule has 3 N–H and O–H groups in total. The molecule has 0 bridgehead atoms. The molecule has 0 heterocycles. The normalized spacial score (nSPS) is 16.3. The SMILES string of the molecule is CCC(C)c1ccc(C(O)CNCC(C)O)cc1. The van der Waals surface area contributed by atoms with Gasteiger partial charge in [-0.1, -0.05) is 38.1 Å². The molecule has 0 fully saturated rings. The molecule has 0 saturated heterocycles. The van der Waals surface area contributed by atoms with E-state index in [1.165, 1.54) is 5.56 Å². The van der Waals surface area contributed by atoms with Crippen molar-refractivity contribution in [3.05, 3.63) is 35.4 Å². The Balaban J connectivity index is 2.51. The molecular formula is C15H25NO2. The van der Waals surface area contributed by atoms with Crippen molar-refractivity contribution in [1.82, 2.24) is 5.32 Å². The van der Waals surface area contributed by atoms with Crippen LogP contribution in [0.2, 0.25) is 0 Å². The highest BCUT2D eigenvalue weighted by atomic mass is 16.3. The average molecular weight is 251 g/mol. The summed E-state index contributed by atoms with van der Waals surface area (Å²) in [5.74, 6) is 0.560. The number of aliphatic hydroxyl groups is 2. The van der Waals surface area contributed by atoms with E-state index in [4.69, 9.17) is 5.11 Å². The van der Waals surface area contributed by atoms with Gasteiger partial charge in [0.25, 0.3) is 0 Å². The highest BCUT2D eigenvalue weighted by Crippen LogP contribution is 2.21. The van der Waals surface area contributed by atoms with Crippen molar-refractivity contribution >= 4 is 0 Å². The lowest BCUT2D eigenvalue weighted by molar-refractivity contribution is 0.155. The lowest BCUT2D eigenvalue weighted by Crippen LogP contribution is -2.28. The van der Waals surface area contributed by atoms with Crippen LogP contribution in [0.5, 0.6) is 0 Å². The third kappa shape index (κ3) is 4.77. The smallest absolute Gasteiger partial charge is 0.0914 e. The molecule has 3 atom stereocenters. The van der Waals surface area contributed by atoms with Gasteiger partial charge in [0, 0.05) is 13.1 Å². The third-order valence-corrected chi connectivity index (χ3v) is 3.28. The van der Waals surface area contributed by atoms with E-state index in [9.17, 15) is 5.11 Å². The second-order valence-electron chi connectivity index (χ2n) is 5.00. The second kappa shape index (κ2) is 7.52. The van der Waals surface area contributed by atoms with Crippen LogP contribution >= 0.6 is 0 Å². The number of aliphatic hydroxyl groups excluding tert-OH is 2. The van der Waals surface area contributed by atoms with Gasteiger partial charge in [-0.2, -0.15) is 0 Å². The molecule has 0 amide bonds. The van der Waals surface area contributed by atoms with Crippen LogP contribution in [-0.2, 0) is 0 Å². The number of hydrogen-bond donors (Lipinski definition) is 3. The maximum absolute atomic E-state index is 9.98. The number of benzene rings is 1. The predicted molar refractivity (Wildman–Crippen MR) is 74.7 cm³/mol. The molecule has 3 unspecified atom stereocenters. The van der Waals surface area contributed by atoms with E-state index in [-0.39, 0.29) is 6.10 Å². The Morgan fingerprint density at radius 1 is 1.00 bits per heavy atom. The van der Waals surface area contributed by atoms with E-state index < -0.39 is 6.10 Å². The molecule has 18 heavy (non-hydrogen) atoms. The minimum Gasteiger partial charge on any atom is -0.392 e. The highest BCUT2D eigenvalue weighted by molar-refractivity contribution is 5.26. The topological polar surface area (TPSA) is 52.5 Å². The van der Waals surface area contributed by atoms with E-state index in [2.05, 4.69) is 31.3 Å². The van der Waals surface area contributed by atoms with Crippen LogP contribution in [-0.4, -0.2) is 29.4 Å². The minimum atomic E-state index is -0.519. The predicted octanol–water partition coefficient (Wildman–Crippen LogP) is 2.20. The number of nitrogens with one attached hydrogen (secondary N) is 1. The molecule has 1 aromatic rings. The third-order valence-electron chi connectivity index (χ3n) is 3.28. The monoisotopic (exact) mass is 251 g/mol. The van der Waals surface area contributed by atoms with Gasteiger partial charge in [-0.05, 0) is 30.4 Å². The van der Waals surface area contributed by atoms with Crippen LogP contribution in [0.4, 0.5) is 0 Å². The van der Waals surface area contributed by atoms with Gasteiger partial charge >= 0.3 is 0 Å². The van der Waals surface area contributed by atoms with Crippen LogP contribution in [0.1, 0.15) is 50.3 Å². The summed E-state index contributed by atoms with van der Waals surface area (Å²) in [7, 11) is 0. The van der Waals surface area contributed by atoms with Crippen molar-refractivity contribution < 1.29 is 10.2 Å². The van der Waals surface area contributed by atoms with E-state index in [1.807, 2.05) is 12.1 Å². The van der Waals surface area contributed by atoms with Crippen LogP contribution in [0.25, 0.3) is 0 Å². The van der Waals surface area contributed by atoms with Crippen LogP contribution in [0, 0.1) is 0 Å². The van der Waals surface area contributed by atoms with Crippen molar-refractivity contribution in [2.24, 2.45) is 0 Å². The lowest BCUT2D eigenvalue weighted by Gasteiger charge is -2.15. The van der Waals surface area contributed by atoms with Gasteiger partial charge < -0.3 is 15.5 Å². The Labute approximate surface area is 110 Å². The molecule has 102 valence electrons. The molecule has 0 spiro atoms. The van der Waals surface area contributed by atoms with Crippen molar-refractivity contribution in [2.75, 3.05) is 13.1 Å². The Bertz CT molecular complexity index is 335. The molecule has 0 saturated carbocycles. The van der Waals surface area contributed by atoms with Gasteiger partial charge in [-0.3, -0.25) is 0 Å². The Morgan fingerprint density at radius 2 is 1.56 bits per heavy atom. The summed E-state index contributed by atoms with van der Waals surface area (Å²) >= 11 is 0. The molecule has 0 aliphatic heterocycles. The molecule has 0 radical (unpaired) electrons. The molecule has 3 nitrogen and oxygen atoms in total.